The van der Waals surface area contributed by atoms with Crippen LogP contribution in [-0.4, -0.2) is 21.5 Å². The van der Waals surface area contributed by atoms with Gasteiger partial charge in [0.15, 0.2) is 0 Å². The SMILES string of the molecule is NCCCNS(=O)(=O)c1sccc1-c1ccccc1Oc1ccc(Cl)cc1Cl. The molecule has 0 aliphatic rings. The first-order valence-electron chi connectivity index (χ1n) is 8.42. The number of sulfonamides is 1. The van der Waals surface area contributed by atoms with Gasteiger partial charge in [-0.3, -0.25) is 0 Å². The summed E-state index contributed by atoms with van der Waals surface area (Å²) in [5.41, 5.74) is 6.65. The average Bonchev–Trinajstić information content (AvgIpc) is 3.15. The number of hydrogen-bond acceptors (Lipinski definition) is 5. The molecule has 0 fully saturated rings. The predicted octanol–water partition coefficient (Wildman–Crippen LogP) is 5.14. The second-order valence-corrected chi connectivity index (χ2v) is 9.56. The zero-order chi connectivity index (χ0) is 20.1. The van der Waals surface area contributed by atoms with Gasteiger partial charge in [0.2, 0.25) is 0 Å². The van der Waals surface area contributed by atoms with Gasteiger partial charge in [0.25, 0.3) is 10.0 Å². The van der Waals surface area contributed by atoms with Crippen LogP contribution in [0.2, 0.25) is 10.0 Å². The number of halogens is 2. The van der Waals surface area contributed by atoms with Crippen molar-refractivity contribution in [3.05, 3.63) is 64.0 Å². The van der Waals surface area contributed by atoms with Crippen LogP contribution < -0.4 is 15.2 Å². The highest BCUT2D eigenvalue weighted by Gasteiger charge is 2.22. The Hall–Kier alpha value is -1.61. The van der Waals surface area contributed by atoms with Crippen molar-refractivity contribution in [2.24, 2.45) is 5.73 Å². The normalized spacial score (nSPS) is 11.5. The fourth-order valence-corrected chi connectivity index (χ4v) is 5.47. The molecule has 1 aromatic heterocycles. The van der Waals surface area contributed by atoms with E-state index in [1.165, 1.54) is 0 Å². The van der Waals surface area contributed by atoms with Crippen molar-refractivity contribution in [1.82, 2.24) is 4.72 Å². The van der Waals surface area contributed by atoms with E-state index in [9.17, 15) is 8.42 Å². The molecule has 28 heavy (non-hydrogen) atoms. The Morgan fingerprint density at radius 2 is 1.82 bits per heavy atom. The monoisotopic (exact) mass is 456 g/mol. The van der Waals surface area contributed by atoms with E-state index in [1.807, 2.05) is 12.1 Å². The van der Waals surface area contributed by atoms with Crippen molar-refractivity contribution in [3.8, 4) is 22.6 Å². The molecule has 0 aliphatic heterocycles. The van der Waals surface area contributed by atoms with Crippen LogP contribution in [0.5, 0.6) is 11.5 Å². The number of nitrogens with one attached hydrogen (secondary N) is 1. The fourth-order valence-electron chi connectivity index (χ4n) is 2.53. The summed E-state index contributed by atoms with van der Waals surface area (Å²) in [6.07, 6.45) is 0.564. The Morgan fingerprint density at radius 3 is 2.57 bits per heavy atom. The third-order valence-electron chi connectivity index (χ3n) is 3.84. The van der Waals surface area contributed by atoms with Gasteiger partial charge in [-0.1, -0.05) is 41.4 Å². The van der Waals surface area contributed by atoms with E-state index in [4.69, 9.17) is 33.7 Å². The van der Waals surface area contributed by atoms with Crippen molar-refractivity contribution < 1.29 is 13.2 Å². The van der Waals surface area contributed by atoms with E-state index in [0.717, 1.165) is 11.3 Å². The maximum absolute atomic E-state index is 12.7. The first-order chi connectivity index (χ1) is 13.4. The molecule has 3 rings (SSSR count). The lowest BCUT2D eigenvalue weighted by molar-refractivity contribution is 0.484. The molecule has 0 radical (unpaired) electrons. The molecule has 0 bridgehead atoms. The summed E-state index contributed by atoms with van der Waals surface area (Å²) in [6, 6.07) is 13.9. The number of rotatable bonds is 8. The molecule has 3 N–H and O–H groups in total. The third-order valence-corrected chi connectivity index (χ3v) is 7.31. The zero-order valence-electron chi connectivity index (χ0n) is 14.7. The van der Waals surface area contributed by atoms with Crippen LogP contribution in [-0.2, 0) is 10.0 Å². The second-order valence-electron chi connectivity index (χ2n) is 5.83. The number of benzene rings is 2. The highest BCUT2D eigenvalue weighted by atomic mass is 35.5. The van der Waals surface area contributed by atoms with Crippen LogP contribution in [0.3, 0.4) is 0 Å². The van der Waals surface area contributed by atoms with E-state index >= 15 is 0 Å². The summed E-state index contributed by atoms with van der Waals surface area (Å²) >= 11 is 13.3. The van der Waals surface area contributed by atoms with Gasteiger partial charge in [-0.25, -0.2) is 13.1 Å². The number of hydrogen-bond donors (Lipinski definition) is 2. The largest absolute Gasteiger partial charge is 0.455 e. The molecule has 2 aromatic carbocycles. The minimum absolute atomic E-state index is 0.225. The van der Waals surface area contributed by atoms with Crippen molar-refractivity contribution in [2.75, 3.05) is 13.1 Å². The zero-order valence-corrected chi connectivity index (χ0v) is 17.8. The molecule has 148 valence electrons. The Bertz CT molecular complexity index is 1070. The van der Waals surface area contributed by atoms with Crippen LogP contribution in [0.1, 0.15) is 6.42 Å². The highest BCUT2D eigenvalue weighted by molar-refractivity contribution is 7.91. The molecule has 1 heterocycles. The number of para-hydroxylation sites is 1. The summed E-state index contributed by atoms with van der Waals surface area (Å²) in [6.45, 7) is 0.701. The minimum Gasteiger partial charge on any atom is -0.455 e. The van der Waals surface area contributed by atoms with Gasteiger partial charge >= 0.3 is 0 Å². The maximum atomic E-state index is 12.7. The molecule has 3 aromatic rings. The molecular formula is C19H18Cl2N2O3S2. The van der Waals surface area contributed by atoms with E-state index in [1.54, 1.807) is 41.8 Å². The molecule has 0 aliphatic carbocycles. The molecular weight excluding hydrogens is 439 g/mol. The van der Waals surface area contributed by atoms with Gasteiger partial charge in [0.1, 0.15) is 15.7 Å². The van der Waals surface area contributed by atoms with Gasteiger partial charge in [-0.15, -0.1) is 11.3 Å². The van der Waals surface area contributed by atoms with Gasteiger partial charge in [-0.2, -0.15) is 0 Å². The van der Waals surface area contributed by atoms with Gasteiger partial charge in [-0.05, 0) is 48.7 Å². The second kappa shape index (κ2) is 9.26. The molecule has 0 saturated carbocycles. The lowest BCUT2D eigenvalue weighted by Gasteiger charge is -2.13. The van der Waals surface area contributed by atoms with E-state index in [2.05, 4.69) is 4.72 Å². The number of thiophene rings is 1. The molecule has 9 heteroatoms. The smallest absolute Gasteiger partial charge is 0.250 e. The molecule has 0 saturated heterocycles. The van der Waals surface area contributed by atoms with E-state index in [-0.39, 0.29) is 10.8 Å². The van der Waals surface area contributed by atoms with E-state index in [0.29, 0.717) is 45.6 Å². The van der Waals surface area contributed by atoms with Crippen molar-refractivity contribution in [3.63, 3.8) is 0 Å². The van der Waals surface area contributed by atoms with Gasteiger partial charge in [0.05, 0.1) is 5.02 Å². The third kappa shape index (κ3) is 4.86. The van der Waals surface area contributed by atoms with Crippen molar-refractivity contribution >= 4 is 44.6 Å². The Kier molecular flexibility index (Phi) is 6.98. The Balaban J connectivity index is 1.97. The number of ether oxygens (including phenoxy) is 1. The van der Waals surface area contributed by atoms with Gasteiger partial charge < -0.3 is 10.5 Å². The van der Waals surface area contributed by atoms with Crippen LogP contribution in [0, 0.1) is 0 Å². The topological polar surface area (TPSA) is 81.4 Å². The molecule has 0 spiro atoms. The molecule has 0 unspecified atom stereocenters. The summed E-state index contributed by atoms with van der Waals surface area (Å²) < 4.78 is 34.2. The summed E-state index contributed by atoms with van der Waals surface area (Å²) in [4.78, 5) is 0. The lowest BCUT2D eigenvalue weighted by atomic mass is 10.1. The van der Waals surface area contributed by atoms with Crippen LogP contribution in [0.25, 0.3) is 11.1 Å². The lowest BCUT2D eigenvalue weighted by Crippen LogP contribution is -2.25. The summed E-state index contributed by atoms with van der Waals surface area (Å²) in [5.74, 6) is 0.919. The van der Waals surface area contributed by atoms with Crippen molar-refractivity contribution in [1.29, 1.82) is 0 Å². The van der Waals surface area contributed by atoms with Crippen molar-refractivity contribution in [2.45, 2.75) is 10.6 Å². The van der Waals surface area contributed by atoms with E-state index < -0.39 is 10.0 Å². The fraction of sp³-hybridized carbons (Fsp3) is 0.158. The minimum atomic E-state index is -3.66. The van der Waals surface area contributed by atoms with Gasteiger partial charge in [0, 0.05) is 22.7 Å². The highest BCUT2D eigenvalue weighted by Crippen LogP contribution is 2.40. The quantitative estimate of drug-likeness (QED) is 0.459. The van der Waals surface area contributed by atoms with Crippen LogP contribution >= 0.6 is 34.5 Å². The standard InChI is InChI=1S/C19H18Cl2N2O3S2/c20-13-6-7-18(16(21)12-13)26-17-5-2-1-4-14(17)15-8-11-27-19(15)28(24,25)23-10-3-9-22/h1-2,4-8,11-12,23H,3,9-10,22H2. The summed E-state index contributed by atoms with van der Waals surface area (Å²) in [7, 11) is -3.66. The molecule has 5 nitrogen and oxygen atoms in total. The van der Waals surface area contributed by atoms with Crippen LogP contribution in [0.15, 0.2) is 58.1 Å². The first-order valence-corrected chi connectivity index (χ1v) is 11.5. The number of nitrogens with two attached hydrogens (primary N) is 1. The Morgan fingerprint density at radius 1 is 1.04 bits per heavy atom. The Labute approximate surface area is 178 Å². The predicted molar refractivity (Wildman–Crippen MR) is 115 cm³/mol. The van der Waals surface area contributed by atoms with Crippen LogP contribution in [0.4, 0.5) is 0 Å². The summed E-state index contributed by atoms with van der Waals surface area (Å²) in [5, 5.41) is 2.60. The molecule has 0 atom stereocenters. The first kappa shape index (κ1) is 21.1. The maximum Gasteiger partial charge on any atom is 0.250 e. The molecule has 0 amide bonds. The average molecular weight is 457 g/mol.